The lowest BCUT2D eigenvalue weighted by molar-refractivity contribution is 0.969. The van der Waals surface area contributed by atoms with Gasteiger partial charge in [-0.25, -0.2) is 0 Å². The molecule has 0 unspecified atom stereocenters. The molecule has 1 aromatic carbocycles. The van der Waals surface area contributed by atoms with Crippen LogP contribution in [0.4, 0.5) is 0 Å². The van der Waals surface area contributed by atoms with Gasteiger partial charge < -0.3 is 4.57 Å². The van der Waals surface area contributed by atoms with Crippen molar-refractivity contribution in [3.8, 4) is 0 Å². The summed E-state index contributed by atoms with van der Waals surface area (Å²) in [5.74, 6) is 0. The largest absolute Gasteiger partial charge is 0.351 e. The Morgan fingerprint density at radius 1 is 1.35 bits per heavy atom. The predicted octanol–water partition coefficient (Wildman–Crippen LogP) is 3.45. The molecule has 0 atom stereocenters. The SMILES string of the molecule is C=C/C(=C\C=NC)c1ccc2ccn(C)c2c1. The standard InChI is InChI=1S/C15H16N2/c1-4-12(7-9-16-2)14-6-5-13-8-10-17(3)15(13)11-14/h4-11H,1H2,2-3H3/b12-7+,16-9?. The van der Waals surface area contributed by atoms with E-state index in [1.165, 1.54) is 10.9 Å². The number of nitrogens with zero attached hydrogens (tertiary/aromatic N) is 2. The van der Waals surface area contributed by atoms with Crippen LogP contribution >= 0.6 is 0 Å². The van der Waals surface area contributed by atoms with Crippen LogP contribution in [0, 0.1) is 0 Å². The maximum absolute atomic E-state index is 3.96. The van der Waals surface area contributed by atoms with E-state index in [2.05, 4.69) is 53.6 Å². The fraction of sp³-hybridized carbons (Fsp3) is 0.133. The summed E-state index contributed by atoms with van der Waals surface area (Å²) in [6.07, 6.45) is 7.67. The van der Waals surface area contributed by atoms with E-state index in [9.17, 15) is 0 Å². The highest BCUT2D eigenvalue weighted by Crippen LogP contribution is 2.22. The molecule has 0 saturated carbocycles. The van der Waals surface area contributed by atoms with Gasteiger partial charge in [0.05, 0.1) is 0 Å². The van der Waals surface area contributed by atoms with E-state index in [1.807, 2.05) is 12.2 Å². The summed E-state index contributed by atoms with van der Waals surface area (Å²) < 4.78 is 2.12. The number of benzene rings is 1. The molecule has 0 aliphatic rings. The normalized spacial score (nSPS) is 12.5. The van der Waals surface area contributed by atoms with Gasteiger partial charge in [0.15, 0.2) is 0 Å². The van der Waals surface area contributed by atoms with Gasteiger partial charge in [-0.05, 0) is 34.7 Å². The zero-order valence-corrected chi connectivity index (χ0v) is 10.2. The highest BCUT2D eigenvalue weighted by atomic mass is 14.9. The van der Waals surface area contributed by atoms with E-state index in [0.29, 0.717) is 0 Å². The van der Waals surface area contributed by atoms with Crippen molar-refractivity contribution in [2.24, 2.45) is 12.0 Å². The number of allylic oxidation sites excluding steroid dienone is 3. The molecular formula is C15H16N2. The van der Waals surface area contributed by atoms with E-state index in [4.69, 9.17) is 0 Å². The molecule has 2 heteroatoms. The molecular weight excluding hydrogens is 208 g/mol. The highest BCUT2D eigenvalue weighted by Gasteiger charge is 2.01. The van der Waals surface area contributed by atoms with Crippen molar-refractivity contribution in [1.82, 2.24) is 4.57 Å². The van der Waals surface area contributed by atoms with Crippen LogP contribution in [0.2, 0.25) is 0 Å². The van der Waals surface area contributed by atoms with Gasteiger partial charge in [-0.3, -0.25) is 4.99 Å². The van der Waals surface area contributed by atoms with Gasteiger partial charge in [-0.2, -0.15) is 0 Å². The predicted molar refractivity (Wildman–Crippen MR) is 75.5 cm³/mol. The Morgan fingerprint density at radius 2 is 2.18 bits per heavy atom. The molecule has 0 aliphatic carbocycles. The summed E-state index contributed by atoms with van der Waals surface area (Å²) in [4.78, 5) is 3.96. The van der Waals surface area contributed by atoms with Crippen LogP contribution < -0.4 is 0 Å². The molecule has 17 heavy (non-hydrogen) atoms. The van der Waals surface area contributed by atoms with Gasteiger partial charge in [0, 0.05) is 32.0 Å². The van der Waals surface area contributed by atoms with E-state index in [0.717, 1.165) is 11.1 Å². The lowest BCUT2D eigenvalue weighted by Crippen LogP contribution is -1.87. The van der Waals surface area contributed by atoms with Crippen LogP contribution in [-0.4, -0.2) is 17.8 Å². The second-order valence-corrected chi connectivity index (χ2v) is 3.93. The molecule has 2 nitrogen and oxygen atoms in total. The fourth-order valence-corrected chi connectivity index (χ4v) is 1.88. The Morgan fingerprint density at radius 3 is 2.88 bits per heavy atom. The maximum atomic E-state index is 3.96. The Labute approximate surface area is 102 Å². The summed E-state index contributed by atoms with van der Waals surface area (Å²) in [5.41, 5.74) is 3.47. The fourth-order valence-electron chi connectivity index (χ4n) is 1.88. The van der Waals surface area contributed by atoms with Crippen LogP contribution in [0.1, 0.15) is 5.56 Å². The highest BCUT2D eigenvalue weighted by molar-refractivity contribution is 5.91. The first kappa shape index (κ1) is 11.4. The first-order chi connectivity index (χ1) is 8.26. The smallest absolute Gasteiger partial charge is 0.0483 e. The summed E-state index contributed by atoms with van der Waals surface area (Å²) in [6, 6.07) is 8.53. The zero-order chi connectivity index (χ0) is 12.3. The van der Waals surface area contributed by atoms with Crippen molar-refractivity contribution in [2.75, 3.05) is 7.05 Å². The molecule has 0 radical (unpaired) electrons. The van der Waals surface area contributed by atoms with Crippen molar-refractivity contribution in [3.63, 3.8) is 0 Å². The van der Waals surface area contributed by atoms with E-state index in [1.54, 1.807) is 13.3 Å². The topological polar surface area (TPSA) is 17.3 Å². The summed E-state index contributed by atoms with van der Waals surface area (Å²) in [5, 5.41) is 1.25. The van der Waals surface area contributed by atoms with Crippen molar-refractivity contribution in [3.05, 3.63) is 54.8 Å². The Balaban J connectivity index is 2.54. The van der Waals surface area contributed by atoms with Gasteiger partial charge >= 0.3 is 0 Å². The molecule has 0 amide bonds. The number of fused-ring (bicyclic) bond motifs is 1. The van der Waals surface area contributed by atoms with Crippen LogP contribution in [-0.2, 0) is 7.05 Å². The molecule has 0 N–H and O–H groups in total. The van der Waals surface area contributed by atoms with Gasteiger partial charge in [-0.15, -0.1) is 0 Å². The maximum Gasteiger partial charge on any atom is 0.0483 e. The Kier molecular flexibility index (Phi) is 3.24. The third-order valence-electron chi connectivity index (χ3n) is 2.84. The lowest BCUT2D eigenvalue weighted by atomic mass is 10.0. The molecule has 1 heterocycles. The van der Waals surface area contributed by atoms with E-state index >= 15 is 0 Å². The minimum absolute atomic E-state index is 1.08. The molecule has 1 aromatic heterocycles. The monoisotopic (exact) mass is 224 g/mol. The van der Waals surface area contributed by atoms with Crippen molar-refractivity contribution < 1.29 is 0 Å². The first-order valence-electron chi connectivity index (χ1n) is 5.56. The third kappa shape index (κ3) is 2.21. The third-order valence-corrected chi connectivity index (χ3v) is 2.84. The lowest BCUT2D eigenvalue weighted by Gasteiger charge is -2.03. The minimum atomic E-state index is 1.08. The number of rotatable bonds is 3. The Hall–Kier alpha value is -2.09. The number of hydrogen-bond donors (Lipinski definition) is 0. The Bertz CT molecular complexity index is 600. The van der Waals surface area contributed by atoms with Gasteiger partial charge in [0.25, 0.3) is 0 Å². The van der Waals surface area contributed by atoms with Crippen LogP contribution in [0.15, 0.2) is 54.2 Å². The number of aryl methyl sites for hydroxylation is 1. The van der Waals surface area contributed by atoms with Gasteiger partial charge in [-0.1, -0.05) is 24.8 Å². The second kappa shape index (κ2) is 4.83. The molecule has 0 saturated heterocycles. The first-order valence-corrected chi connectivity index (χ1v) is 5.56. The average Bonchev–Trinajstić information content (AvgIpc) is 2.72. The minimum Gasteiger partial charge on any atom is -0.351 e. The van der Waals surface area contributed by atoms with Gasteiger partial charge in [0.2, 0.25) is 0 Å². The zero-order valence-electron chi connectivity index (χ0n) is 10.2. The average molecular weight is 224 g/mol. The molecule has 0 fully saturated rings. The van der Waals surface area contributed by atoms with Crippen LogP contribution in [0.3, 0.4) is 0 Å². The van der Waals surface area contributed by atoms with Gasteiger partial charge in [0.1, 0.15) is 0 Å². The van der Waals surface area contributed by atoms with Crippen LogP contribution in [0.5, 0.6) is 0 Å². The van der Waals surface area contributed by atoms with Crippen molar-refractivity contribution in [2.45, 2.75) is 0 Å². The van der Waals surface area contributed by atoms with E-state index in [-0.39, 0.29) is 0 Å². The molecule has 86 valence electrons. The molecule has 2 aromatic rings. The summed E-state index contributed by atoms with van der Waals surface area (Å²) >= 11 is 0. The van der Waals surface area contributed by atoms with Crippen molar-refractivity contribution in [1.29, 1.82) is 0 Å². The van der Waals surface area contributed by atoms with Crippen LogP contribution in [0.25, 0.3) is 16.5 Å². The number of hydrogen-bond acceptors (Lipinski definition) is 1. The van der Waals surface area contributed by atoms with Crippen molar-refractivity contribution >= 4 is 22.7 Å². The second-order valence-electron chi connectivity index (χ2n) is 3.93. The quantitative estimate of drug-likeness (QED) is 0.561. The molecule has 2 rings (SSSR count). The molecule has 0 spiro atoms. The number of aromatic nitrogens is 1. The molecule has 0 aliphatic heterocycles. The summed E-state index contributed by atoms with van der Waals surface area (Å²) in [7, 11) is 3.81. The van der Waals surface area contributed by atoms with E-state index < -0.39 is 0 Å². The number of aliphatic imine (C=N–C) groups is 1. The molecule has 0 bridgehead atoms. The summed E-state index contributed by atoms with van der Waals surface area (Å²) in [6.45, 7) is 3.84.